The molecule has 2 heterocycles. The van der Waals surface area contributed by atoms with Gasteiger partial charge in [-0.05, 0) is 43.3 Å². The van der Waals surface area contributed by atoms with Crippen LogP contribution >= 0.6 is 11.8 Å². The Bertz CT molecular complexity index is 318. The molecule has 1 aliphatic heterocycles. The molecule has 4 heteroatoms. The number of hydrogen-bond donors (Lipinski definition) is 1. The quantitative estimate of drug-likeness (QED) is 0.854. The van der Waals surface area contributed by atoms with Crippen molar-refractivity contribution in [3.63, 3.8) is 0 Å². The van der Waals surface area contributed by atoms with Crippen molar-refractivity contribution in [2.24, 2.45) is 0 Å². The van der Waals surface area contributed by atoms with Crippen molar-refractivity contribution < 1.29 is 5.11 Å². The average molecular weight is 226 g/mol. The smallest absolute Gasteiger partial charge is 0.0538 e. The van der Waals surface area contributed by atoms with Crippen molar-refractivity contribution in [1.82, 2.24) is 9.78 Å². The predicted molar refractivity (Wildman–Crippen MR) is 63.3 cm³/mol. The second-order valence-electron chi connectivity index (χ2n) is 4.02. The highest BCUT2D eigenvalue weighted by Crippen LogP contribution is 2.28. The molecule has 1 fully saturated rings. The summed E-state index contributed by atoms with van der Waals surface area (Å²) in [6.07, 6.45) is 5.10. The van der Waals surface area contributed by atoms with Gasteiger partial charge in [-0.3, -0.25) is 4.68 Å². The van der Waals surface area contributed by atoms with Crippen LogP contribution in [0.5, 0.6) is 0 Å². The van der Waals surface area contributed by atoms with E-state index in [1.807, 2.05) is 18.0 Å². The van der Waals surface area contributed by atoms with Gasteiger partial charge in [0.25, 0.3) is 0 Å². The maximum Gasteiger partial charge on any atom is 0.0538 e. The topological polar surface area (TPSA) is 38.1 Å². The lowest BCUT2D eigenvalue weighted by atomic mass is 10.1. The molecule has 2 rings (SSSR count). The Morgan fingerprint density at radius 1 is 1.53 bits per heavy atom. The van der Waals surface area contributed by atoms with Gasteiger partial charge in [0, 0.05) is 12.3 Å². The Morgan fingerprint density at radius 2 is 2.27 bits per heavy atom. The monoisotopic (exact) mass is 226 g/mol. The second kappa shape index (κ2) is 5.03. The van der Waals surface area contributed by atoms with Gasteiger partial charge in [-0.25, -0.2) is 0 Å². The van der Waals surface area contributed by atoms with E-state index >= 15 is 0 Å². The molecule has 1 aromatic rings. The SMILES string of the molecule is Cc1c(CCO)cnn1C1CCSCC1. The van der Waals surface area contributed by atoms with Crippen molar-refractivity contribution in [2.45, 2.75) is 32.2 Å². The van der Waals surface area contributed by atoms with Gasteiger partial charge < -0.3 is 5.11 Å². The van der Waals surface area contributed by atoms with Crippen molar-refractivity contribution in [3.8, 4) is 0 Å². The lowest BCUT2D eigenvalue weighted by molar-refractivity contribution is 0.299. The molecule has 0 unspecified atom stereocenters. The van der Waals surface area contributed by atoms with Gasteiger partial charge in [-0.15, -0.1) is 0 Å². The molecule has 0 saturated carbocycles. The molecule has 1 aromatic heterocycles. The van der Waals surface area contributed by atoms with Crippen LogP contribution in [0.25, 0.3) is 0 Å². The van der Waals surface area contributed by atoms with Crippen LogP contribution in [0, 0.1) is 6.92 Å². The number of aliphatic hydroxyl groups excluding tert-OH is 1. The van der Waals surface area contributed by atoms with Crippen LogP contribution in [0.1, 0.15) is 30.1 Å². The lowest BCUT2D eigenvalue weighted by Gasteiger charge is -2.23. The van der Waals surface area contributed by atoms with E-state index in [1.165, 1.54) is 35.6 Å². The minimum absolute atomic E-state index is 0.215. The Hall–Kier alpha value is -0.480. The normalized spacial score (nSPS) is 18.3. The first-order valence-electron chi connectivity index (χ1n) is 5.54. The number of aromatic nitrogens is 2. The zero-order chi connectivity index (χ0) is 10.7. The molecule has 0 aromatic carbocycles. The Labute approximate surface area is 94.9 Å². The first kappa shape index (κ1) is 11.0. The minimum atomic E-state index is 0.215. The summed E-state index contributed by atoms with van der Waals surface area (Å²) in [5.41, 5.74) is 2.43. The standard InChI is InChI=1S/C11H18N2OS/c1-9-10(2-5-14)8-12-13(9)11-3-6-15-7-4-11/h8,11,14H,2-7H2,1H3. The molecule has 1 aliphatic rings. The summed E-state index contributed by atoms with van der Waals surface area (Å²) in [6.45, 7) is 2.33. The molecule has 0 radical (unpaired) electrons. The first-order chi connectivity index (χ1) is 7.33. The molecule has 1 saturated heterocycles. The average Bonchev–Trinajstić information content (AvgIpc) is 2.63. The largest absolute Gasteiger partial charge is 0.396 e. The van der Waals surface area contributed by atoms with Crippen molar-refractivity contribution in [2.75, 3.05) is 18.1 Å². The van der Waals surface area contributed by atoms with Crippen molar-refractivity contribution in [1.29, 1.82) is 0 Å². The number of aliphatic hydroxyl groups is 1. The van der Waals surface area contributed by atoms with E-state index in [-0.39, 0.29) is 6.61 Å². The third-order valence-corrected chi connectivity index (χ3v) is 4.11. The summed E-state index contributed by atoms with van der Waals surface area (Å²) in [6, 6.07) is 0.582. The van der Waals surface area contributed by atoms with Gasteiger partial charge in [0.1, 0.15) is 0 Å². The molecule has 0 amide bonds. The van der Waals surface area contributed by atoms with E-state index in [0.29, 0.717) is 6.04 Å². The lowest BCUT2D eigenvalue weighted by Crippen LogP contribution is -2.17. The summed E-state index contributed by atoms with van der Waals surface area (Å²) in [5, 5.41) is 13.4. The fourth-order valence-electron chi connectivity index (χ4n) is 2.12. The summed E-state index contributed by atoms with van der Waals surface area (Å²) < 4.78 is 2.16. The van der Waals surface area contributed by atoms with Crippen LogP contribution in [-0.2, 0) is 6.42 Å². The Morgan fingerprint density at radius 3 is 2.93 bits per heavy atom. The molecule has 1 N–H and O–H groups in total. The fourth-order valence-corrected chi connectivity index (χ4v) is 3.20. The number of thioether (sulfide) groups is 1. The Kier molecular flexibility index (Phi) is 3.70. The fraction of sp³-hybridized carbons (Fsp3) is 0.727. The minimum Gasteiger partial charge on any atom is -0.396 e. The van der Waals surface area contributed by atoms with Crippen molar-refractivity contribution >= 4 is 11.8 Å². The number of nitrogens with zero attached hydrogens (tertiary/aromatic N) is 2. The highest BCUT2D eigenvalue weighted by atomic mass is 32.2. The van der Waals surface area contributed by atoms with Crippen LogP contribution in [0.15, 0.2) is 6.20 Å². The van der Waals surface area contributed by atoms with Gasteiger partial charge in [0.05, 0.1) is 12.2 Å². The third kappa shape index (κ3) is 2.37. The van der Waals surface area contributed by atoms with E-state index in [1.54, 1.807) is 0 Å². The summed E-state index contributed by atoms with van der Waals surface area (Å²) in [4.78, 5) is 0. The van der Waals surface area contributed by atoms with Gasteiger partial charge in [0.2, 0.25) is 0 Å². The molecule has 84 valence electrons. The predicted octanol–water partition coefficient (Wildman–Crippen LogP) is 1.79. The maximum absolute atomic E-state index is 8.92. The van der Waals surface area contributed by atoms with Crippen molar-refractivity contribution in [3.05, 3.63) is 17.5 Å². The summed E-state index contributed by atoms with van der Waals surface area (Å²) in [7, 11) is 0. The highest BCUT2D eigenvalue weighted by molar-refractivity contribution is 7.99. The van der Waals surface area contributed by atoms with E-state index in [9.17, 15) is 0 Å². The van der Waals surface area contributed by atoms with Gasteiger partial charge in [-0.1, -0.05) is 0 Å². The molecular formula is C11H18N2OS. The van der Waals surface area contributed by atoms with E-state index in [4.69, 9.17) is 5.11 Å². The molecule has 0 aliphatic carbocycles. The van der Waals surface area contributed by atoms with Crippen LogP contribution in [-0.4, -0.2) is 33.0 Å². The van der Waals surface area contributed by atoms with Crippen LogP contribution < -0.4 is 0 Å². The molecule has 0 atom stereocenters. The molecule has 0 bridgehead atoms. The molecule has 0 spiro atoms. The van der Waals surface area contributed by atoms with Crippen LogP contribution in [0.4, 0.5) is 0 Å². The van der Waals surface area contributed by atoms with Gasteiger partial charge in [0.15, 0.2) is 0 Å². The third-order valence-electron chi connectivity index (χ3n) is 3.06. The summed E-state index contributed by atoms with van der Waals surface area (Å²) >= 11 is 2.04. The number of rotatable bonds is 3. The molecule has 3 nitrogen and oxygen atoms in total. The number of hydrogen-bond acceptors (Lipinski definition) is 3. The zero-order valence-electron chi connectivity index (χ0n) is 9.15. The summed E-state index contributed by atoms with van der Waals surface area (Å²) in [5.74, 6) is 2.50. The van der Waals surface area contributed by atoms with E-state index in [2.05, 4.69) is 16.7 Å². The van der Waals surface area contributed by atoms with Crippen LogP contribution in [0.3, 0.4) is 0 Å². The highest BCUT2D eigenvalue weighted by Gasteiger charge is 2.18. The van der Waals surface area contributed by atoms with Gasteiger partial charge in [-0.2, -0.15) is 16.9 Å². The second-order valence-corrected chi connectivity index (χ2v) is 5.24. The zero-order valence-corrected chi connectivity index (χ0v) is 9.96. The van der Waals surface area contributed by atoms with Gasteiger partial charge >= 0.3 is 0 Å². The first-order valence-corrected chi connectivity index (χ1v) is 6.70. The Balaban J connectivity index is 2.13. The van der Waals surface area contributed by atoms with Crippen LogP contribution in [0.2, 0.25) is 0 Å². The van der Waals surface area contributed by atoms with E-state index < -0.39 is 0 Å². The molecular weight excluding hydrogens is 208 g/mol. The maximum atomic E-state index is 8.92. The molecule has 15 heavy (non-hydrogen) atoms. The van der Waals surface area contributed by atoms with E-state index in [0.717, 1.165) is 6.42 Å².